The number of nitrogens with one attached hydrogen (secondary N) is 1. The van der Waals surface area contributed by atoms with Gasteiger partial charge in [-0.25, -0.2) is 0 Å². The van der Waals surface area contributed by atoms with Crippen LogP contribution in [0, 0.1) is 10.4 Å². The summed E-state index contributed by atoms with van der Waals surface area (Å²) in [6.07, 6.45) is 15.1. The molecule has 1 aliphatic heterocycles. The van der Waals surface area contributed by atoms with E-state index in [1.807, 2.05) is 78.7 Å². The lowest BCUT2D eigenvalue weighted by Gasteiger charge is -2.25. The molecule has 4 aromatic carbocycles. The molecule has 8 heteroatoms. The van der Waals surface area contributed by atoms with Gasteiger partial charge in [-0.3, -0.25) is 19.4 Å². The van der Waals surface area contributed by atoms with Crippen LogP contribution in [0.2, 0.25) is 0 Å². The van der Waals surface area contributed by atoms with Crippen molar-refractivity contribution in [2.45, 2.75) is 51.1 Å². The van der Waals surface area contributed by atoms with Gasteiger partial charge < -0.3 is 20.2 Å². The van der Waals surface area contributed by atoms with Gasteiger partial charge >= 0.3 is 5.97 Å². The van der Waals surface area contributed by atoms with E-state index in [1.54, 1.807) is 23.4 Å². The second-order valence-corrected chi connectivity index (χ2v) is 13.9. The Labute approximate surface area is 315 Å². The van der Waals surface area contributed by atoms with Crippen molar-refractivity contribution in [2.24, 2.45) is 0 Å². The molecule has 1 aromatic heterocycles. The van der Waals surface area contributed by atoms with Crippen LogP contribution in [0.1, 0.15) is 57.4 Å². The van der Waals surface area contributed by atoms with E-state index in [1.165, 1.54) is 56.8 Å². The van der Waals surface area contributed by atoms with Crippen LogP contribution in [0.5, 0.6) is 0 Å². The standard InChI is InChI=1S/C27H26N2O.C19H18N2O3/c1-29(17-14-19-12-15-28-16-13-19)27(30)22-8-9-24-21(18-22)7-11-25-23-5-3-2-4-20(23)6-10-26(24)25;1-2-13-7-4-6-10-17(13)21-12-14-8-3-5-9-15(14)20-16(19(21)24)11-18(22)23/h4,6-10,12-13,15-16,18H,2-3,5,11,14,17H2,1H3;2-10,16,20H,1,11-12H2,(H,22,23). The van der Waals surface area contributed by atoms with Gasteiger partial charge in [-0.2, -0.15) is 0 Å². The first kappa shape index (κ1) is 36.1. The molecular formula is C46H44N4O4. The largest absolute Gasteiger partial charge is 0.481 e. The van der Waals surface area contributed by atoms with Crippen molar-refractivity contribution in [3.05, 3.63) is 164 Å². The average molecular weight is 717 g/mol. The van der Waals surface area contributed by atoms with E-state index in [2.05, 4.69) is 53.3 Å². The summed E-state index contributed by atoms with van der Waals surface area (Å²) in [4.78, 5) is 44.6. The maximum absolute atomic E-state index is 13.0. The summed E-state index contributed by atoms with van der Waals surface area (Å²) in [5.41, 5.74) is 8.25. The summed E-state index contributed by atoms with van der Waals surface area (Å²) >= 11 is 0. The number of fused-ring (bicyclic) bond motifs is 5. The molecule has 0 spiro atoms. The molecule has 0 bridgehead atoms. The zero-order valence-corrected chi connectivity index (χ0v) is 30.5. The molecular weight excluding hydrogens is 673 g/mol. The Morgan fingerprint density at radius 3 is 2.54 bits per heavy atom. The maximum atomic E-state index is 13.0. The molecule has 0 saturated heterocycles. The van der Waals surface area contributed by atoms with Crippen LogP contribution in [0.3, 0.4) is 0 Å². The molecule has 1 atom stereocenters. The first-order valence-corrected chi connectivity index (χ1v) is 18.5. The van der Waals surface area contributed by atoms with Crippen LogP contribution in [0.4, 0.5) is 11.4 Å². The summed E-state index contributed by atoms with van der Waals surface area (Å²) in [6, 6.07) is 28.9. The van der Waals surface area contributed by atoms with E-state index in [0.717, 1.165) is 40.9 Å². The van der Waals surface area contributed by atoms with E-state index < -0.39 is 12.0 Å². The molecule has 2 N–H and O–H groups in total. The normalized spacial score (nSPS) is 15.2. The Kier molecular flexibility index (Phi) is 10.8. The van der Waals surface area contributed by atoms with Crippen LogP contribution < -0.4 is 20.7 Å². The van der Waals surface area contributed by atoms with Crippen molar-refractivity contribution in [1.82, 2.24) is 9.88 Å². The quantitative estimate of drug-likeness (QED) is 0.197. The minimum Gasteiger partial charge on any atom is -0.481 e. The number of carbonyl (C=O) groups excluding carboxylic acids is 2. The maximum Gasteiger partial charge on any atom is 0.305 e. The number of rotatable bonds is 8. The monoisotopic (exact) mass is 716 g/mol. The molecule has 2 amide bonds. The molecule has 272 valence electrons. The smallest absolute Gasteiger partial charge is 0.305 e. The Morgan fingerprint density at radius 1 is 0.944 bits per heavy atom. The lowest BCUT2D eigenvalue weighted by atomic mass is 9.88. The van der Waals surface area contributed by atoms with Gasteiger partial charge in [0.25, 0.3) is 5.91 Å². The predicted octanol–water partition coefficient (Wildman–Crippen LogP) is 6.27. The number of hydrogen-bond acceptors (Lipinski definition) is 5. The van der Waals surface area contributed by atoms with E-state index in [-0.39, 0.29) is 18.2 Å². The van der Waals surface area contributed by atoms with Crippen LogP contribution in [0.15, 0.2) is 110 Å². The van der Waals surface area contributed by atoms with Gasteiger partial charge in [0, 0.05) is 37.2 Å². The highest BCUT2D eigenvalue weighted by Gasteiger charge is 2.32. The number of carboxylic acid groups (broad SMARTS) is 1. The van der Waals surface area contributed by atoms with Crippen molar-refractivity contribution < 1.29 is 19.5 Å². The van der Waals surface area contributed by atoms with Crippen LogP contribution in [-0.2, 0) is 35.4 Å². The second kappa shape index (κ2) is 16.2. The SMILES string of the molecule is C=Cc1ccccc1N1Cc2ccccc2NC(CC(=O)O)C1=O.CN(CCc1ccncc1)C(=O)c1ccc2c(c1)=CCc1c3c(ccc1=2)=CCCC3. The number of nitrogens with zero attached hydrogens (tertiary/aromatic N) is 3. The van der Waals surface area contributed by atoms with Crippen molar-refractivity contribution in [2.75, 3.05) is 23.8 Å². The molecule has 5 aromatic rings. The molecule has 0 saturated carbocycles. The van der Waals surface area contributed by atoms with Gasteiger partial charge in [0.05, 0.1) is 18.7 Å². The Hall–Kier alpha value is -6.28. The molecule has 2 heterocycles. The number of likely N-dealkylation sites (N-methyl/N-ethyl adjacent to an activating group) is 1. The summed E-state index contributed by atoms with van der Waals surface area (Å²) in [5.74, 6) is -1.20. The fraction of sp³-hybridized carbons (Fsp3) is 0.217. The average Bonchev–Trinajstić information content (AvgIpc) is 3.34. The van der Waals surface area contributed by atoms with E-state index in [9.17, 15) is 14.4 Å². The predicted molar refractivity (Wildman–Crippen MR) is 214 cm³/mol. The summed E-state index contributed by atoms with van der Waals surface area (Å²) in [6.45, 7) is 4.87. The van der Waals surface area contributed by atoms with E-state index >= 15 is 0 Å². The van der Waals surface area contributed by atoms with Crippen molar-refractivity contribution in [3.63, 3.8) is 0 Å². The third-order valence-electron chi connectivity index (χ3n) is 10.5. The minimum atomic E-state index is -1.02. The first-order chi connectivity index (χ1) is 26.3. The highest BCUT2D eigenvalue weighted by molar-refractivity contribution is 6.03. The van der Waals surface area contributed by atoms with Gasteiger partial charge in [0.15, 0.2) is 0 Å². The number of carbonyl (C=O) groups is 3. The minimum absolute atomic E-state index is 0.0751. The molecule has 0 radical (unpaired) electrons. The van der Waals surface area contributed by atoms with Crippen LogP contribution in [-0.4, -0.2) is 52.4 Å². The van der Waals surface area contributed by atoms with Crippen molar-refractivity contribution >= 4 is 47.4 Å². The Balaban J connectivity index is 0.000000171. The molecule has 2 aliphatic carbocycles. The number of amides is 2. The van der Waals surface area contributed by atoms with Gasteiger partial charge in [0.1, 0.15) is 6.04 Å². The number of aliphatic carboxylic acids is 1. The highest BCUT2D eigenvalue weighted by Crippen LogP contribution is 2.30. The Morgan fingerprint density at radius 2 is 1.72 bits per heavy atom. The van der Waals surface area contributed by atoms with Crippen LogP contribution >= 0.6 is 0 Å². The topological polar surface area (TPSA) is 103 Å². The number of carboxylic acids is 1. The zero-order valence-electron chi connectivity index (χ0n) is 30.5. The van der Waals surface area contributed by atoms with E-state index in [0.29, 0.717) is 13.1 Å². The fourth-order valence-corrected chi connectivity index (χ4v) is 7.62. The van der Waals surface area contributed by atoms with Gasteiger partial charge in [-0.1, -0.05) is 79.4 Å². The fourth-order valence-electron chi connectivity index (χ4n) is 7.62. The summed E-state index contributed by atoms with van der Waals surface area (Å²) < 4.78 is 0. The van der Waals surface area contributed by atoms with Gasteiger partial charge in [0.2, 0.25) is 5.91 Å². The lowest BCUT2D eigenvalue weighted by molar-refractivity contribution is -0.138. The molecule has 0 fully saturated rings. The number of para-hydroxylation sites is 2. The summed E-state index contributed by atoms with van der Waals surface area (Å²) in [5, 5.41) is 17.4. The van der Waals surface area contributed by atoms with Gasteiger partial charge in [-0.05, 0) is 117 Å². The number of hydrogen-bond donors (Lipinski definition) is 2. The van der Waals surface area contributed by atoms with Crippen molar-refractivity contribution in [1.29, 1.82) is 0 Å². The molecule has 8 rings (SSSR count). The first-order valence-electron chi connectivity index (χ1n) is 18.5. The van der Waals surface area contributed by atoms with E-state index in [4.69, 9.17) is 5.11 Å². The Bertz CT molecular complexity index is 2460. The molecule has 8 nitrogen and oxygen atoms in total. The number of pyridine rings is 1. The third kappa shape index (κ3) is 7.74. The molecule has 54 heavy (non-hydrogen) atoms. The number of benzene rings is 4. The van der Waals surface area contributed by atoms with Crippen molar-refractivity contribution in [3.8, 4) is 0 Å². The summed E-state index contributed by atoms with van der Waals surface area (Å²) in [7, 11) is 1.88. The third-order valence-corrected chi connectivity index (χ3v) is 10.5. The molecule has 3 aliphatic rings. The van der Waals surface area contributed by atoms with Gasteiger partial charge in [-0.15, -0.1) is 0 Å². The molecule has 1 unspecified atom stereocenters. The zero-order chi connectivity index (χ0) is 37.6. The number of aromatic nitrogens is 1. The lowest BCUT2D eigenvalue weighted by Crippen LogP contribution is -2.42. The second-order valence-electron chi connectivity index (χ2n) is 13.9. The van der Waals surface area contributed by atoms with Crippen LogP contribution in [0.25, 0.3) is 18.2 Å². The number of anilines is 2. The highest BCUT2D eigenvalue weighted by atomic mass is 16.4.